The third kappa shape index (κ3) is 4.50. The molecule has 8 aromatic carbocycles. The van der Waals surface area contributed by atoms with E-state index in [1.807, 2.05) is 0 Å². The third-order valence-electron chi connectivity index (χ3n) is 13.1. The summed E-state index contributed by atoms with van der Waals surface area (Å²) >= 11 is 0. The zero-order valence-corrected chi connectivity index (χ0v) is 31.3. The first-order valence-corrected chi connectivity index (χ1v) is 20.2. The molecule has 1 saturated carbocycles. The molecule has 2 aliphatic rings. The SMILES string of the molecule is c1ccc(-c2ccc(-c3cccc(-n4c5ccccc5c5c6c7ccccc7n(-c7ccc8c(c7)C7(CCCCC7)c7ccccc7-8)c6ccc54)c3)cc2)cc1. The fourth-order valence-electron chi connectivity index (χ4n) is 10.7. The van der Waals surface area contributed by atoms with Crippen LogP contribution >= 0.6 is 0 Å². The molecule has 10 aromatic rings. The molecule has 0 unspecified atom stereocenters. The van der Waals surface area contributed by atoms with Crippen molar-refractivity contribution in [2.45, 2.75) is 37.5 Å². The van der Waals surface area contributed by atoms with Gasteiger partial charge in [-0.2, -0.15) is 0 Å². The fourth-order valence-corrected chi connectivity index (χ4v) is 10.7. The Morgan fingerprint density at radius 2 is 0.875 bits per heavy atom. The second kappa shape index (κ2) is 12.2. The number of fused-ring (bicyclic) bond motifs is 12. The molecule has 266 valence electrons. The molecule has 0 bridgehead atoms. The lowest BCUT2D eigenvalue weighted by Gasteiger charge is -2.36. The predicted octanol–water partition coefficient (Wildman–Crippen LogP) is 14.4. The molecule has 2 heterocycles. The molecule has 2 aromatic heterocycles. The molecular formula is C54H40N2. The number of nitrogens with zero attached hydrogens (tertiary/aromatic N) is 2. The molecule has 0 N–H and O–H groups in total. The van der Waals surface area contributed by atoms with Crippen LogP contribution < -0.4 is 0 Å². The van der Waals surface area contributed by atoms with Gasteiger partial charge in [0, 0.05) is 38.3 Å². The molecule has 2 aliphatic carbocycles. The Morgan fingerprint density at radius 1 is 0.339 bits per heavy atom. The van der Waals surface area contributed by atoms with Gasteiger partial charge >= 0.3 is 0 Å². The van der Waals surface area contributed by atoms with Crippen LogP contribution in [0.3, 0.4) is 0 Å². The van der Waals surface area contributed by atoms with Gasteiger partial charge in [0.05, 0.1) is 22.1 Å². The number of hydrogen-bond acceptors (Lipinski definition) is 0. The van der Waals surface area contributed by atoms with E-state index in [4.69, 9.17) is 0 Å². The average molecular weight is 717 g/mol. The van der Waals surface area contributed by atoms with Crippen molar-refractivity contribution < 1.29 is 0 Å². The minimum Gasteiger partial charge on any atom is -0.309 e. The highest BCUT2D eigenvalue weighted by atomic mass is 15.0. The van der Waals surface area contributed by atoms with Crippen molar-refractivity contribution >= 4 is 43.6 Å². The molecule has 1 spiro atoms. The monoisotopic (exact) mass is 716 g/mol. The van der Waals surface area contributed by atoms with Crippen LogP contribution in [0.4, 0.5) is 0 Å². The van der Waals surface area contributed by atoms with Crippen LogP contribution in [0.2, 0.25) is 0 Å². The number of aromatic nitrogens is 2. The van der Waals surface area contributed by atoms with Crippen LogP contribution in [0.25, 0.3) is 88.4 Å². The normalized spacial score (nSPS) is 14.6. The Hall–Kier alpha value is -6.64. The highest BCUT2D eigenvalue weighted by Crippen LogP contribution is 2.56. The maximum absolute atomic E-state index is 2.55. The Balaban J connectivity index is 1.05. The van der Waals surface area contributed by atoms with Gasteiger partial charge in [-0.05, 0) is 106 Å². The first-order chi connectivity index (χ1) is 27.8. The predicted molar refractivity (Wildman–Crippen MR) is 235 cm³/mol. The van der Waals surface area contributed by atoms with Crippen LogP contribution in [0.15, 0.2) is 182 Å². The van der Waals surface area contributed by atoms with Crippen molar-refractivity contribution in [2.75, 3.05) is 0 Å². The second-order valence-electron chi connectivity index (χ2n) is 16.0. The minimum absolute atomic E-state index is 0.109. The molecule has 1 fully saturated rings. The molecule has 0 amide bonds. The summed E-state index contributed by atoms with van der Waals surface area (Å²) < 4.78 is 5.01. The van der Waals surface area contributed by atoms with E-state index in [0.29, 0.717) is 0 Å². The van der Waals surface area contributed by atoms with Gasteiger partial charge in [0.25, 0.3) is 0 Å². The number of para-hydroxylation sites is 2. The lowest BCUT2D eigenvalue weighted by Crippen LogP contribution is -2.28. The van der Waals surface area contributed by atoms with Gasteiger partial charge in [-0.15, -0.1) is 0 Å². The largest absolute Gasteiger partial charge is 0.309 e. The van der Waals surface area contributed by atoms with Gasteiger partial charge in [-0.1, -0.05) is 153 Å². The molecular weight excluding hydrogens is 677 g/mol. The number of rotatable bonds is 4. The second-order valence-corrected chi connectivity index (χ2v) is 16.0. The third-order valence-corrected chi connectivity index (χ3v) is 13.1. The Kier molecular flexibility index (Phi) is 6.89. The summed E-state index contributed by atoms with van der Waals surface area (Å²) in [5.74, 6) is 0. The van der Waals surface area contributed by atoms with Gasteiger partial charge in [0.15, 0.2) is 0 Å². The highest BCUT2D eigenvalue weighted by Gasteiger charge is 2.43. The van der Waals surface area contributed by atoms with Gasteiger partial charge in [-0.25, -0.2) is 0 Å². The van der Waals surface area contributed by atoms with E-state index >= 15 is 0 Å². The van der Waals surface area contributed by atoms with E-state index in [2.05, 4.69) is 191 Å². The smallest absolute Gasteiger partial charge is 0.0548 e. The van der Waals surface area contributed by atoms with Crippen molar-refractivity contribution in [1.29, 1.82) is 0 Å². The van der Waals surface area contributed by atoms with Crippen LogP contribution in [-0.4, -0.2) is 9.13 Å². The van der Waals surface area contributed by atoms with Crippen LogP contribution in [-0.2, 0) is 5.41 Å². The zero-order valence-electron chi connectivity index (χ0n) is 31.3. The average Bonchev–Trinajstić information content (AvgIpc) is 3.88. The number of benzene rings is 8. The van der Waals surface area contributed by atoms with Crippen molar-refractivity contribution in [1.82, 2.24) is 9.13 Å². The van der Waals surface area contributed by atoms with E-state index in [1.165, 1.54) is 132 Å². The summed E-state index contributed by atoms with van der Waals surface area (Å²) in [6.45, 7) is 0. The zero-order chi connectivity index (χ0) is 36.8. The van der Waals surface area contributed by atoms with E-state index in [9.17, 15) is 0 Å². The molecule has 0 atom stereocenters. The molecule has 56 heavy (non-hydrogen) atoms. The highest BCUT2D eigenvalue weighted by molar-refractivity contribution is 6.29. The summed E-state index contributed by atoms with van der Waals surface area (Å²) in [7, 11) is 0. The van der Waals surface area contributed by atoms with E-state index < -0.39 is 0 Å². The van der Waals surface area contributed by atoms with E-state index in [0.717, 1.165) is 0 Å². The Bertz CT molecular complexity index is 3150. The maximum atomic E-state index is 2.55. The first-order valence-electron chi connectivity index (χ1n) is 20.2. The molecule has 0 saturated heterocycles. The van der Waals surface area contributed by atoms with Crippen molar-refractivity contribution in [3.8, 4) is 44.8 Å². The van der Waals surface area contributed by atoms with Crippen LogP contribution in [0.1, 0.15) is 43.2 Å². The van der Waals surface area contributed by atoms with E-state index in [-0.39, 0.29) is 5.41 Å². The van der Waals surface area contributed by atoms with Gasteiger partial charge in [0.1, 0.15) is 0 Å². The minimum atomic E-state index is 0.109. The van der Waals surface area contributed by atoms with Crippen molar-refractivity contribution in [3.63, 3.8) is 0 Å². The Morgan fingerprint density at radius 3 is 1.57 bits per heavy atom. The fraction of sp³-hybridized carbons (Fsp3) is 0.111. The number of hydrogen-bond donors (Lipinski definition) is 0. The first kappa shape index (κ1) is 31.7. The summed E-state index contributed by atoms with van der Waals surface area (Å²) in [5.41, 5.74) is 18.3. The Labute approximate surface area is 326 Å². The molecule has 0 radical (unpaired) electrons. The van der Waals surface area contributed by atoms with Gasteiger partial charge < -0.3 is 9.13 Å². The molecule has 0 aliphatic heterocycles. The van der Waals surface area contributed by atoms with E-state index in [1.54, 1.807) is 0 Å². The van der Waals surface area contributed by atoms with Crippen molar-refractivity contribution in [2.24, 2.45) is 0 Å². The maximum Gasteiger partial charge on any atom is 0.0548 e. The van der Waals surface area contributed by atoms with Crippen molar-refractivity contribution in [3.05, 3.63) is 193 Å². The van der Waals surface area contributed by atoms with Gasteiger partial charge in [-0.3, -0.25) is 0 Å². The summed E-state index contributed by atoms with van der Waals surface area (Å²) in [5, 5.41) is 5.19. The quantitative estimate of drug-likeness (QED) is 0.172. The lowest BCUT2D eigenvalue weighted by atomic mass is 9.68. The molecule has 2 nitrogen and oxygen atoms in total. The molecule has 12 rings (SSSR count). The molecule has 2 heteroatoms. The van der Waals surface area contributed by atoms with Gasteiger partial charge in [0.2, 0.25) is 0 Å². The summed E-state index contributed by atoms with van der Waals surface area (Å²) in [6, 6.07) is 67.9. The topological polar surface area (TPSA) is 9.86 Å². The summed E-state index contributed by atoms with van der Waals surface area (Å²) in [6.07, 6.45) is 6.38. The summed E-state index contributed by atoms with van der Waals surface area (Å²) in [4.78, 5) is 0. The van der Waals surface area contributed by atoms with Crippen LogP contribution in [0.5, 0.6) is 0 Å². The van der Waals surface area contributed by atoms with Crippen LogP contribution in [0, 0.1) is 0 Å². The lowest BCUT2D eigenvalue weighted by molar-refractivity contribution is 0.353. The standard InChI is InChI=1S/C54H40N2/c1-3-14-36(15-4-1)37-24-26-38(27-25-37)39-16-13-17-40(34-39)55-48-22-9-6-19-44(48)52-50(55)30-31-51-53(52)45-20-7-10-23-49(45)56(51)41-28-29-43-42-18-5-8-21-46(42)54(47(43)35-41)32-11-2-12-33-54/h1,3-10,13-31,34-35H,2,11-12,32-33H2.